The van der Waals surface area contributed by atoms with Gasteiger partial charge in [0, 0.05) is 0 Å². The average molecular weight is 147 g/mol. The van der Waals surface area contributed by atoms with Gasteiger partial charge in [0.2, 0.25) is 6.10 Å². The van der Waals surface area contributed by atoms with Crippen LogP contribution in [0.1, 0.15) is 6.92 Å². The van der Waals surface area contributed by atoms with Gasteiger partial charge in [-0.15, -0.1) is 0 Å². The summed E-state index contributed by atoms with van der Waals surface area (Å²) in [4.78, 5) is 19.5. The molecule has 1 rings (SSSR count). The van der Waals surface area contributed by atoms with Crippen LogP contribution in [0.25, 0.3) is 0 Å². The highest BCUT2D eigenvalue weighted by Gasteiger charge is 2.42. The molecule has 0 spiro atoms. The lowest BCUT2D eigenvalue weighted by atomic mass is 10.4. The first-order valence-electron chi connectivity index (χ1n) is 2.62. The molecule has 0 amide bonds. The number of hydrogen-bond donors (Lipinski definition) is 0. The average Bonchev–Trinajstić information content (AvgIpc) is 2.10. The fraction of sp³-hybridized carbons (Fsp3) is 0.750. The lowest BCUT2D eigenvalue weighted by Gasteiger charge is -1.99. The molecule has 10 heavy (non-hydrogen) atoms. The maximum Gasteiger partial charge on any atom is 0.514 e. The normalized spacial score (nSPS) is 31.1. The first-order valence-corrected chi connectivity index (χ1v) is 2.62. The van der Waals surface area contributed by atoms with Gasteiger partial charge in [0.05, 0.1) is 4.92 Å². The Kier molecular flexibility index (Phi) is 1.44. The second-order valence-electron chi connectivity index (χ2n) is 1.87. The van der Waals surface area contributed by atoms with Crippen LogP contribution in [0.15, 0.2) is 0 Å². The third kappa shape index (κ3) is 0.996. The molecule has 0 aromatic heterocycles. The minimum Gasteiger partial charge on any atom is -0.419 e. The third-order valence-electron chi connectivity index (χ3n) is 1.11. The first kappa shape index (κ1) is 6.79. The Balaban J connectivity index is 2.63. The molecule has 0 radical (unpaired) electrons. The van der Waals surface area contributed by atoms with Gasteiger partial charge in [-0.2, -0.15) is 0 Å². The number of nitrogens with zero attached hydrogens (tertiary/aromatic N) is 1. The first-order chi connectivity index (χ1) is 4.61. The van der Waals surface area contributed by atoms with Crippen molar-refractivity contribution in [2.75, 3.05) is 0 Å². The summed E-state index contributed by atoms with van der Waals surface area (Å²) >= 11 is 0. The summed E-state index contributed by atoms with van der Waals surface area (Å²) < 4.78 is 8.51. The summed E-state index contributed by atoms with van der Waals surface area (Å²) in [5.41, 5.74) is 0. The van der Waals surface area contributed by atoms with E-state index in [9.17, 15) is 14.9 Å². The summed E-state index contributed by atoms with van der Waals surface area (Å²) in [6.45, 7) is 1.40. The van der Waals surface area contributed by atoms with E-state index in [0.717, 1.165) is 0 Å². The van der Waals surface area contributed by atoms with Gasteiger partial charge in [0.15, 0.2) is 0 Å². The molecule has 2 unspecified atom stereocenters. The van der Waals surface area contributed by atoms with Crippen molar-refractivity contribution >= 4 is 6.16 Å². The molecule has 0 aliphatic carbocycles. The van der Waals surface area contributed by atoms with E-state index in [4.69, 9.17) is 0 Å². The van der Waals surface area contributed by atoms with Crippen molar-refractivity contribution in [3.63, 3.8) is 0 Å². The van der Waals surface area contributed by atoms with E-state index in [2.05, 4.69) is 9.47 Å². The molecule has 6 heteroatoms. The number of nitro groups is 1. The van der Waals surface area contributed by atoms with Crippen LogP contribution in [0.5, 0.6) is 0 Å². The molecule has 2 atom stereocenters. The summed E-state index contributed by atoms with van der Waals surface area (Å²) in [5.74, 6) is 0. The van der Waals surface area contributed by atoms with Crippen LogP contribution < -0.4 is 0 Å². The second kappa shape index (κ2) is 2.13. The minimum absolute atomic E-state index is 0.699. The topological polar surface area (TPSA) is 78.7 Å². The molecule has 0 bridgehead atoms. The molecular weight excluding hydrogens is 142 g/mol. The number of carbonyl (C=O) groups excluding carboxylic acids is 1. The van der Waals surface area contributed by atoms with Crippen molar-refractivity contribution in [2.45, 2.75) is 19.3 Å². The highest BCUT2D eigenvalue weighted by atomic mass is 16.8. The fourth-order valence-electron chi connectivity index (χ4n) is 0.647. The SMILES string of the molecule is CC1OC(=O)OC1[N+](=O)[O-]. The highest BCUT2D eigenvalue weighted by molar-refractivity contribution is 5.62. The Morgan fingerprint density at radius 1 is 1.60 bits per heavy atom. The van der Waals surface area contributed by atoms with Crippen LogP contribution in [0.3, 0.4) is 0 Å². The summed E-state index contributed by atoms with van der Waals surface area (Å²) in [6, 6.07) is 0. The van der Waals surface area contributed by atoms with E-state index in [1.54, 1.807) is 0 Å². The van der Waals surface area contributed by atoms with Gasteiger partial charge < -0.3 is 9.47 Å². The lowest BCUT2D eigenvalue weighted by Crippen LogP contribution is -2.27. The van der Waals surface area contributed by atoms with Gasteiger partial charge in [-0.05, 0) is 6.92 Å². The zero-order chi connectivity index (χ0) is 7.72. The number of ether oxygens (including phenoxy) is 2. The smallest absolute Gasteiger partial charge is 0.419 e. The van der Waals surface area contributed by atoms with Crippen LogP contribution in [-0.2, 0) is 9.47 Å². The van der Waals surface area contributed by atoms with Crippen molar-refractivity contribution in [3.05, 3.63) is 10.1 Å². The van der Waals surface area contributed by atoms with Gasteiger partial charge in [0.25, 0.3) is 0 Å². The lowest BCUT2D eigenvalue weighted by molar-refractivity contribution is -0.567. The predicted octanol–water partition coefficient (Wildman–Crippen LogP) is 0.144. The van der Waals surface area contributed by atoms with E-state index in [0.29, 0.717) is 0 Å². The number of rotatable bonds is 1. The van der Waals surface area contributed by atoms with Gasteiger partial charge in [-0.25, -0.2) is 4.79 Å². The third-order valence-corrected chi connectivity index (χ3v) is 1.11. The predicted molar refractivity (Wildman–Crippen MR) is 27.8 cm³/mol. The van der Waals surface area contributed by atoms with Crippen molar-refractivity contribution in [3.8, 4) is 0 Å². The maximum absolute atomic E-state index is 10.2. The van der Waals surface area contributed by atoms with Crippen LogP contribution in [-0.4, -0.2) is 23.4 Å². The van der Waals surface area contributed by atoms with Gasteiger partial charge >= 0.3 is 12.4 Å². The molecule has 0 saturated carbocycles. The second-order valence-corrected chi connectivity index (χ2v) is 1.87. The van der Waals surface area contributed by atoms with Crippen LogP contribution in [0, 0.1) is 10.1 Å². The highest BCUT2D eigenvalue weighted by Crippen LogP contribution is 2.14. The van der Waals surface area contributed by atoms with Crippen molar-refractivity contribution < 1.29 is 19.2 Å². The molecular formula is C4H5NO5. The maximum atomic E-state index is 10.2. The monoisotopic (exact) mass is 147 g/mol. The van der Waals surface area contributed by atoms with Crippen LogP contribution in [0.4, 0.5) is 4.79 Å². The standard InChI is InChI=1S/C4H5NO5/c1-2-3(5(7)8)10-4(6)9-2/h2-3H,1H3. The van der Waals surface area contributed by atoms with E-state index >= 15 is 0 Å². The van der Waals surface area contributed by atoms with E-state index in [1.807, 2.05) is 0 Å². The largest absolute Gasteiger partial charge is 0.514 e. The Morgan fingerprint density at radius 3 is 2.40 bits per heavy atom. The number of cyclic esters (lactones) is 2. The molecule has 1 aliphatic rings. The number of carbonyl (C=O) groups is 1. The fourth-order valence-corrected chi connectivity index (χ4v) is 0.647. The zero-order valence-corrected chi connectivity index (χ0v) is 5.14. The van der Waals surface area contributed by atoms with Gasteiger partial charge in [-0.1, -0.05) is 0 Å². The van der Waals surface area contributed by atoms with Crippen molar-refractivity contribution in [2.24, 2.45) is 0 Å². The number of hydrogen-bond acceptors (Lipinski definition) is 5. The molecule has 1 heterocycles. The van der Waals surface area contributed by atoms with Gasteiger partial charge in [0.1, 0.15) is 0 Å². The van der Waals surface area contributed by atoms with Crippen molar-refractivity contribution in [1.29, 1.82) is 0 Å². The minimum atomic E-state index is -1.34. The summed E-state index contributed by atoms with van der Waals surface area (Å²) in [6.07, 6.45) is -3.11. The molecule has 0 N–H and O–H groups in total. The molecule has 1 fully saturated rings. The molecule has 56 valence electrons. The van der Waals surface area contributed by atoms with Crippen LogP contribution in [0.2, 0.25) is 0 Å². The van der Waals surface area contributed by atoms with Crippen molar-refractivity contribution in [1.82, 2.24) is 0 Å². The van der Waals surface area contributed by atoms with E-state index in [-0.39, 0.29) is 0 Å². The molecule has 6 nitrogen and oxygen atoms in total. The van der Waals surface area contributed by atoms with E-state index < -0.39 is 23.4 Å². The Hall–Kier alpha value is -1.33. The summed E-state index contributed by atoms with van der Waals surface area (Å²) in [7, 11) is 0. The van der Waals surface area contributed by atoms with Crippen LogP contribution >= 0.6 is 0 Å². The Bertz CT molecular complexity index is 178. The quantitative estimate of drug-likeness (QED) is 0.299. The summed E-state index contributed by atoms with van der Waals surface area (Å²) in [5, 5.41) is 10.0. The van der Waals surface area contributed by atoms with Gasteiger partial charge in [-0.3, -0.25) is 10.1 Å². The molecule has 0 aromatic rings. The zero-order valence-electron chi connectivity index (χ0n) is 5.14. The van der Waals surface area contributed by atoms with E-state index in [1.165, 1.54) is 6.92 Å². The molecule has 0 aromatic carbocycles. The molecule has 1 aliphatic heterocycles. The Labute approximate surface area is 55.9 Å². The Morgan fingerprint density at radius 2 is 2.20 bits per heavy atom. The molecule has 1 saturated heterocycles.